The third-order valence-electron chi connectivity index (χ3n) is 3.74. The largest absolute Gasteiger partial charge is 0.465 e. The number of nitrogens with one attached hydrogen (secondary N) is 2. The maximum absolute atomic E-state index is 12.6. The molecule has 5 nitrogen and oxygen atoms in total. The van der Waals surface area contributed by atoms with Crippen LogP contribution in [0.1, 0.15) is 35.9 Å². The van der Waals surface area contributed by atoms with Gasteiger partial charge in [0.05, 0.1) is 18.2 Å². The fourth-order valence-corrected chi connectivity index (χ4v) is 3.42. The van der Waals surface area contributed by atoms with Crippen LogP contribution in [0.25, 0.3) is 0 Å². The second-order valence-electron chi connectivity index (χ2n) is 5.07. The predicted octanol–water partition coefficient (Wildman–Crippen LogP) is 2.25. The summed E-state index contributed by atoms with van der Waals surface area (Å²) in [5, 5.41) is 7.94. The molecule has 1 aliphatic rings. The van der Waals surface area contributed by atoms with Gasteiger partial charge in [0, 0.05) is 6.54 Å². The van der Waals surface area contributed by atoms with E-state index in [1.54, 1.807) is 11.4 Å². The number of carbonyl (C=O) groups excluding carboxylic acids is 2. The smallest absolute Gasteiger partial charge is 0.350 e. The number of hydrogen-bond acceptors (Lipinski definition) is 5. The molecular formula is C14H20N2O3S. The number of hydrogen-bond donors (Lipinski definition) is 2. The molecule has 6 heteroatoms. The van der Waals surface area contributed by atoms with E-state index in [1.807, 2.05) is 0 Å². The molecule has 0 bridgehead atoms. The zero-order valence-electron chi connectivity index (χ0n) is 11.8. The van der Waals surface area contributed by atoms with Crippen LogP contribution in [0, 0.1) is 5.41 Å². The number of rotatable bonds is 5. The SMILES string of the molecule is CCCC1(C(=O)Nc2ccsc2C(=O)OC)CCNC1. The molecule has 2 rings (SSSR count). The third kappa shape index (κ3) is 2.86. The Kier molecular flexibility index (Phi) is 4.77. The molecule has 20 heavy (non-hydrogen) atoms. The molecule has 2 N–H and O–H groups in total. The molecule has 1 aromatic heterocycles. The molecule has 1 fully saturated rings. The van der Waals surface area contributed by atoms with Gasteiger partial charge in [0.1, 0.15) is 4.88 Å². The second-order valence-corrected chi connectivity index (χ2v) is 5.98. The van der Waals surface area contributed by atoms with Crippen molar-refractivity contribution in [2.45, 2.75) is 26.2 Å². The lowest BCUT2D eigenvalue weighted by atomic mass is 9.81. The normalized spacial score (nSPS) is 21.7. The summed E-state index contributed by atoms with van der Waals surface area (Å²) < 4.78 is 4.72. The van der Waals surface area contributed by atoms with Gasteiger partial charge in [-0.1, -0.05) is 13.3 Å². The number of esters is 1. The Hall–Kier alpha value is -1.40. The number of thiophene rings is 1. The molecule has 0 saturated carbocycles. The quantitative estimate of drug-likeness (QED) is 0.818. The van der Waals surface area contributed by atoms with Crippen molar-refractivity contribution in [2.24, 2.45) is 5.41 Å². The lowest BCUT2D eigenvalue weighted by molar-refractivity contribution is -0.125. The Labute approximate surface area is 122 Å². The second kappa shape index (κ2) is 6.37. The lowest BCUT2D eigenvalue weighted by Gasteiger charge is -2.26. The van der Waals surface area contributed by atoms with E-state index in [0.717, 1.165) is 25.8 Å². The van der Waals surface area contributed by atoms with E-state index in [4.69, 9.17) is 4.74 Å². The molecule has 1 atom stereocenters. The Morgan fingerprint density at radius 2 is 2.35 bits per heavy atom. The fourth-order valence-electron chi connectivity index (χ4n) is 2.66. The van der Waals surface area contributed by atoms with Gasteiger partial charge in [-0.3, -0.25) is 4.79 Å². The molecule has 0 radical (unpaired) electrons. The Morgan fingerprint density at radius 3 is 2.95 bits per heavy atom. The highest BCUT2D eigenvalue weighted by Gasteiger charge is 2.40. The highest BCUT2D eigenvalue weighted by atomic mass is 32.1. The summed E-state index contributed by atoms with van der Waals surface area (Å²) in [5.41, 5.74) is 0.193. The molecule has 1 unspecified atom stereocenters. The van der Waals surface area contributed by atoms with Crippen LogP contribution in [-0.4, -0.2) is 32.1 Å². The molecular weight excluding hydrogens is 276 g/mol. The van der Waals surface area contributed by atoms with E-state index in [1.165, 1.54) is 18.4 Å². The van der Waals surface area contributed by atoms with Crippen molar-refractivity contribution in [3.8, 4) is 0 Å². The molecule has 1 aliphatic heterocycles. The zero-order valence-corrected chi connectivity index (χ0v) is 12.6. The summed E-state index contributed by atoms with van der Waals surface area (Å²) in [6.45, 7) is 3.64. The standard InChI is InChI=1S/C14H20N2O3S/c1-3-5-14(6-7-15-9-14)13(18)16-10-4-8-20-11(10)12(17)19-2/h4,8,15H,3,5-7,9H2,1-2H3,(H,16,18). The lowest BCUT2D eigenvalue weighted by Crippen LogP contribution is -2.38. The molecule has 0 spiro atoms. The first-order valence-corrected chi connectivity index (χ1v) is 7.69. The van der Waals surface area contributed by atoms with Gasteiger partial charge in [0.25, 0.3) is 0 Å². The van der Waals surface area contributed by atoms with Gasteiger partial charge in [-0.2, -0.15) is 0 Å². The van der Waals surface area contributed by atoms with E-state index in [0.29, 0.717) is 17.1 Å². The van der Waals surface area contributed by atoms with Crippen LogP contribution in [-0.2, 0) is 9.53 Å². The monoisotopic (exact) mass is 296 g/mol. The van der Waals surface area contributed by atoms with E-state index in [-0.39, 0.29) is 11.3 Å². The number of ether oxygens (including phenoxy) is 1. The van der Waals surface area contributed by atoms with Gasteiger partial charge >= 0.3 is 5.97 Å². The van der Waals surface area contributed by atoms with Crippen LogP contribution in [0.4, 0.5) is 5.69 Å². The molecule has 1 saturated heterocycles. The highest BCUT2D eigenvalue weighted by molar-refractivity contribution is 7.12. The first kappa shape index (κ1) is 15.0. The van der Waals surface area contributed by atoms with Crippen LogP contribution in [0.5, 0.6) is 0 Å². The van der Waals surface area contributed by atoms with Crippen molar-refractivity contribution in [3.05, 3.63) is 16.3 Å². The van der Waals surface area contributed by atoms with Gasteiger partial charge in [0.2, 0.25) is 5.91 Å². The van der Waals surface area contributed by atoms with E-state index >= 15 is 0 Å². The van der Waals surface area contributed by atoms with Gasteiger partial charge in [-0.05, 0) is 30.8 Å². The van der Waals surface area contributed by atoms with Gasteiger partial charge < -0.3 is 15.4 Å². The van der Waals surface area contributed by atoms with E-state index in [2.05, 4.69) is 17.6 Å². The Balaban J connectivity index is 2.15. The fraction of sp³-hybridized carbons (Fsp3) is 0.571. The highest BCUT2D eigenvalue weighted by Crippen LogP contribution is 2.33. The van der Waals surface area contributed by atoms with Crippen molar-refractivity contribution >= 4 is 28.9 Å². The maximum atomic E-state index is 12.6. The molecule has 1 amide bonds. The van der Waals surface area contributed by atoms with Crippen LogP contribution in [0.3, 0.4) is 0 Å². The minimum atomic E-state index is -0.413. The van der Waals surface area contributed by atoms with Gasteiger partial charge in [-0.15, -0.1) is 11.3 Å². The molecule has 0 aromatic carbocycles. The first-order chi connectivity index (χ1) is 9.63. The average molecular weight is 296 g/mol. The Morgan fingerprint density at radius 1 is 1.55 bits per heavy atom. The summed E-state index contributed by atoms with van der Waals surface area (Å²) in [4.78, 5) is 24.7. The third-order valence-corrected chi connectivity index (χ3v) is 4.63. The summed E-state index contributed by atoms with van der Waals surface area (Å²) in [6.07, 6.45) is 2.65. The summed E-state index contributed by atoms with van der Waals surface area (Å²) >= 11 is 1.27. The molecule has 0 aliphatic carbocycles. The number of carbonyl (C=O) groups is 2. The van der Waals surface area contributed by atoms with Gasteiger partial charge in [-0.25, -0.2) is 4.79 Å². The van der Waals surface area contributed by atoms with Crippen molar-refractivity contribution in [2.75, 3.05) is 25.5 Å². The summed E-state index contributed by atoms with van der Waals surface area (Å²) in [5.74, 6) is -0.419. The van der Waals surface area contributed by atoms with Crippen molar-refractivity contribution in [1.29, 1.82) is 0 Å². The molecule has 1 aromatic rings. The first-order valence-electron chi connectivity index (χ1n) is 6.81. The van der Waals surface area contributed by atoms with Crippen LogP contribution in [0.15, 0.2) is 11.4 Å². The average Bonchev–Trinajstić information content (AvgIpc) is 3.08. The van der Waals surface area contributed by atoms with E-state index in [9.17, 15) is 9.59 Å². The van der Waals surface area contributed by atoms with Crippen molar-refractivity contribution < 1.29 is 14.3 Å². The van der Waals surface area contributed by atoms with Crippen molar-refractivity contribution in [1.82, 2.24) is 5.32 Å². The minimum absolute atomic E-state index is 0.00657. The van der Waals surface area contributed by atoms with E-state index < -0.39 is 5.97 Å². The Bertz CT molecular complexity index is 492. The number of anilines is 1. The summed E-state index contributed by atoms with van der Waals surface area (Å²) in [7, 11) is 1.34. The van der Waals surface area contributed by atoms with Crippen LogP contribution in [0.2, 0.25) is 0 Å². The number of methoxy groups -OCH3 is 1. The summed E-state index contributed by atoms with van der Waals surface area (Å²) in [6, 6.07) is 1.75. The van der Waals surface area contributed by atoms with Crippen LogP contribution < -0.4 is 10.6 Å². The number of amides is 1. The molecule has 110 valence electrons. The predicted molar refractivity (Wildman–Crippen MR) is 79.1 cm³/mol. The minimum Gasteiger partial charge on any atom is -0.465 e. The maximum Gasteiger partial charge on any atom is 0.350 e. The molecule has 2 heterocycles. The van der Waals surface area contributed by atoms with Crippen molar-refractivity contribution in [3.63, 3.8) is 0 Å². The van der Waals surface area contributed by atoms with Crippen LogP contribution >= 0.6 is 11.3 Å². The zero-order chi connectivity index (χ0) is 14.6. The van der Waals surface area contributed by atoms with Gasteiger partial charge in [0.15, 0.2) is 0 Å². The topological polar surface area (TPSA) is 67.4 Å².